The molecule has 1 aromatic carbocycles. The third-order valence-electron chi connectivity index (χ3n) is 4.33. The van der Waals surface area contributed by atoms with Crippen LogP contribution >= 0.6 is 35.6 Å². The highest BCUT2D eigenvalue weighted by Gasteiger charge is 2.38. The van der Waals surface area contributed by atoms with Crippen molar-refractivity contribution in [3.05, 3.63) is 33.8 Å². The van der Waals surface area contributed by atoms with Crippen LogP contribution in [0.4, 0.5) is 0 Å². The second-order valence-electron chi connectivity index (χ2n) is 5.73. The number of β-amino-alcohol motifs (C(OH)–C–C–N with tert-alkyl or cyclic N) is 1. The van der Waals surface area contributed by atoms with E-state index in [1.54, 1.807) is 11.0 Å². The number of nitrogens with one attached hydrogen (secondary N) is 1. The zero-order valence-electron chi connectivity index (χ0n) is 12.0. The van der Waals surface area contributed by atoms with E-state index in [0.717, 1.165) is 18.5 Å². The van der Waals surface area contributed by atoms with Crippen LogP contribution < -0.4 is 5.32 Å². The van der Waals surface area contributed by atoms with E-state index in [4.69, 9.17) is 23.2 Å². The number of likely N-dealkylation sites (tertiary alicyclic amines) is 1. The second kappa shape index (κ2) is 7.37. The maximum absolute atomic E-state index is 12.6. The van der Waals surface area contributed by atoms with Crippen molar-refractivity contribution in [1.82, 2.24) is 10.2 Å². The summed E-state index contributed by atoms with van der Waals surface area (Å²) >= 11 is 12.0. The first-order valence-electron chi connectivity index (χ1n) is 7.21. The van der Waals surface area contributed by atoms with Gasteiger partial charge in [0.15, 0.2) is 0 Å². The Morgan fingerprint density at radius 1 is 1.27 bits per heavy atom. The summed E-state index contributed by atoms with van der Waals surface area (Å²) < 4.78 is 0. The molecule has 3 atom stereocenters. The topological polar surface area (TPSA) is 52.6 Å². The van der Waals surface area contributed by atoms with E-state index in [9.17, 15) is 9.90 Å². The van der Waals surface area contributed by atoms with Crippen molar-refractivity contribution < 1.29 is 9.90 Å². The Balaban J connectivity index is 0.00000176. The first kappa shape index (κ1) is 17.8. The van der Waals surface area contributed by atoms with Crippen LogP contribution in [-0.4, -0.2) is 47.7 Å². The van der Waals surface area contributed by atoms with Crippen LogP contribution in [-0.2, 0) is 4.79 Å². The molecule has 0 spiro atoms. The fourth-order valence-electron chi connectivity index (χ4n) is 3.20. The summed E-state index contributed by atoms with van der Waals surface area (Å²) in [5.74, 6) is 0.171. The van der Waals surface area contributed by atoms with E-state index in [2.05, 4.69) is 5.32 Å². The summed E-state index contributed by atoms with van der Waals surface area (Å²) in [7, 11) is 0. The number of hydrogen-bond donors (Lipinski definition) is 2. The lowest BCUT2D eigenvalue weighted by Crippen LogP contribution is -2.45. The van der Waals surface area contributed by atoms with Gasteiger partial charge in [-0.1, -0.05) is 29.3 Å². The van der Waals surface area contributed by atoms with Crippen LogP contribution in [0, 0.1) is 0 Å². The third-order valence-corrected chi connectivity index (χ3v) is 5.07. The number of carbonyl (C=O) groups is 1. The van der Waals surface area contributed by atoms with E-state index in [0.29, 0.717) is 29.6 Å². The molecule has 2 N–H and O–H groups in total. The molecule has 7 heteroatoms. The molecule has 2 aliphatic heterocycles. The molecule has 0 radical (unpaired) electrons. The van der Waals surface area contributed by atoms with Crippen molar-refractivity contribution in [3.63, 3.8) is 0 Å². The van der Waals surface area contributed by atoms with E-state index in [1.807, 2.05) is 12.1 Å². The van der Waals surface area contributed by atoms with Gasteiger partial charge in [0, 0.05) is 19.0 Å². The van der Waals surface area contributed by atoms with Crippen molar-refractivity contribution in [2.45, 2.75) is 30.9 Å². The Hall–Kier alpha value is -0.520. The lowest BCUT2D eigenvalue weighted by atomic mass is 9.91. The highest BCUT2D eigenvalue weighted by molar-refractivity contribution is 6.42. The molecule has 0 bridgehead atoms. The SMILES string of the molecule is Cl.O=C([C@@H]1NCC[C@@H]1c1ccc(Cl)c(Cl)c1)N1CC[C@H](O)C1. The second-order valence-corrected chi connectivity index (χ2v) is 6.54. The summed E-state index contributed by atoms with van der Waals surface area (Å²) in [5.41, 5.74) is 1.03. The van der Waals surface area contributed by atoms with Crippen molar-refractivity contribution >= 4 is 41.5 Å². The molecule has 3 rings (SSSR count). The summed E-state index contributed by atoms with van der Waals surface area (Å²) in [6, 6.07) is 5.32. The Morgan fingerprint density at radius 2 is 2.05 bits per heavy atom. The molecule has 2 aliphatic rings. The van der Waals surface area contributed by atoms with Gasteiger partial charge in [0.25, 0.3) is 0 Å². The molecular weight excluding hydrogens is 347 g/mol. The van der Waals surface area contributed by atoms with Gasteiger partial charge in [-0.05, 0) is 37.1 Å². The summed E-state index contributed by atoms with van der Waals surface area (Å²) in [6.45, 7) is 1.87. The maximum Gasteiger partial charge on any atom is 0.240 e. The molecule has 1 aromatic rings. The molecule has 0 aromatic heterocycles. The van der Waals surface area contributed by atoms with Crippen molar-refractivity contribution in [2.24, 2.45) is 0 Å². The highest BCUT2D eigenvalue weighted by atomic mass is 35.5. The molecule has 0 unspecified atom stereocenters. The Labute approximate surface area is 146 Å². The highest BCUT2D eigenvalue weighted by Crippen LogP contribution is 2.33. The predicted molar refractivity (Wildman–Crippen MR) is 90.1 cm³/mol. The average molecular weight is 366 g/mol. The molecule has 2 saturated heterocycles. The molecule has 22 heavy (non-hydrogen) atoms. The molecular formula is C15H19Cl3N2O2. The van der Waals surface area contributed by atoms with Crippen molar-refractivity contribution in [3.8, 4) is 0 Å². The fraction of sp³-hybridized carbons (Fsp3) is 0.533. The number of rotatable bonds is 2. The van der Waals surface area contributed by atoms with Crippen LogP contribution in [0.1, 0.15) is 24.3 Å². The molecule has 1 amide bonds. The van der Waals surface area contributed by atoms with Crippen molar-refractivity contribution in [2.75, 3.05) is 19.6 Å². The van der Waals surface area contributed by atoms with Crippen LogP contribution in [0.15, 0.2) is 18.2 Å². The van der Waals surface area contributed by atoms with Gasteiger partial charge in [0.05, 0.1) is 22.2 Å². The van der Waals surface area contributed by atoms with Crippen LogP contribution in [0.2, 0.25) is 10.0 Å². The van der Waals surface area contributed by atoms with Crippen LogP contribution in [0.5, 0.6) is 0 Å². The number of aliphatic hydroxyl groups is 1. The lowest BCUT2D eigenvalue weighted by Gasteiger charge is -2.25. The standard InChI is InChI=1S/C15H18Cl2N2O2.ClH/c16-12-2-1-9(7-13(12)17)11-3-5-18-14(11)15(21)19-6-4-10(20)8-19;/h1-2,7,10-11,14,18,20H,3-6,8H2;1H/t10-,11+,14+;/m0./s1. The van der Waals surface area contributed by atoms with E-state index in [1.165, 1.54) is 0 Å². The van der Waals surface area contributed by atoms with Gasteiger partial charge in [-0.3, -0.25) is 4.79 Å². The predicted octanol–water partition coefficient (Wildman–Crippen LogP) is 2.45. The summed E-state index contributed by atoms with van der Waals surface area (Å²) in [4.78, 5) is 14.4. The van der Waals surface area contributed by atoms with Gasteiger partial charge in [0.2, 0.25) is 5.91 Å². The third kappa shape index (κ3) is 3.52. The smallest absolute Gasteiger partial charge is 0.240 e. The summed E-state index contributed by atoms with van der Waals surface area (Å²) in [5, 5.41) is 13.9. The minimum atomic E-state index is -0.390. The van der Waals surface area contributed by atoms with E-state index in [-0.39, 0.29) is 30.3 Å². The minimum absolute atomic E-state index is 0. The van der Waals surface area contributed by atoms with Gasteiger partial charge in [-0.15, -0.1) is 12.4 Å². The molecule has 122 valence electrons. The van der Waals surface area contributed by atoms with Crippen molar-refractivity contribution in [1.29, 1.82) is 0 Å². The van der Waals surface area contributed by atoms with Gasteiger partial charge in [-0.2, -0.15) is 0 Å². The normalized spacial score (nSPS) is 27.8. The zero-order valence-corrected chi connectivity index (χ0v) is 14.3. The molecule has 0 aliphatic carbocycles. The first-order valence-corrected chi connectivity index (χ1v) is 7.97. The molecule has 0 saturated carbocycles. The number of nitrogens with zero attached hydrogens (tertiary/aromatic N) is 1. The Morgan fingerprint density at radius 3 is 2.68 bits per heavy atom. The number of hydrogen-bond acceptors (Lipinski definition) is 3. The largest absolute Gasteiger partial charge is 0.391 e. The minimum Gasteiger partial charge on any atom is -0.391 e. The van der Waals surface area contributed by atoms with Gasteiger partial charge in [0.1, 0.15) is 0 Å². The lowest BCUT2D eigenvalue weighted by molar-refractivity contribution is -0.132. The Kier molecular flexibility index (Phi) is 5.97. The Bertz CT molecular complexity index is 556. The monoisotopic (exact) mass is 364 g/mol. The van der Waals surface area contributed by atoms with Gasteiger partial charge >= 0.3 is 0 Å². The fourth-order valence-corrected chi connectivity index (χ4v) is 3.51. The summed E-state index contributed by atoms with van der Waals surface area (Å²) in [6.07, 6.45) is 1.17. The maximum atomic E-state index is 12.6. The number of halogens is 3. The number of amides is 1. The first-order chi connectivity index (χ1) is 10.1. The average Bonchev–Trinajstić information content (AvgIpc) is 3.10. The van der Waals surface area contributed by atoms with Gasteiger partial charge < -0.3 is 15.3 Å². The number of aliphatic hydroxyl groups excluding tert-OH is 1. The van der Waals surface area contributed by atoms with E-state index < -0.39 is 6.10 Å². The molecule has 2 fully saturated rings. The quantitative estimate of drug-likeness (QED) is 0.846. The number of benzene rings is 1. The number of carbonyl (C=O) groups excluding carboxylic acids is 1. The molecule has 2 heterocycles. The van der Waals surface area contributed by atoms with E-state index >= 15 is 0 Å². The van der Waals surface area contributed by atoms with Crippen LogP contribution in [0.3, 0.4) is 0 Å². The zero-order chi connectivity index (χ0) is 15.0. The van der Waals surface area contributed by atoms with Gasteiger partial charge in [-0.25, -0.2) is 0 Å². The van der Waals surface area contributed by atoms with Crippen LogP contribution in [0.25, 0.3) is 0 Å². The molecule has 4 nitrogen and oxygen atoms in total.